The van der Waals surface area contributed by atoms with Crippen LogP contribution in [0.15, 0.2) is 35.3 Å². The highest BCUT2D eigenvalue weighted by Crippen LogP contribution is 2.17. The molecule has 0 radical (unpaired) electrons. The van der Waals surface area contributed by atoms with E-state index in [2.05, 4.69) is 34.5 Å². The minimum Gasteiger partial charge on any atom is -0.396 e. The molecule has 1 unspecified atom stereocenters. The molecule has 144 valence electrons. The monoisotopic (exact) mass is 488 g/mol. The van der Waals surface area contributed by atoms with Crippen molar-refractivity contribution in [1.82, 2.24) is 15.6 Å². The van der Waals surface area contributed by atoms with Gasteiger partial charge in [-0.15, -0.1) is 35.3 Å². The van der Waals surface area contributed by atoms with Crippen LogP contribution in [0, 0.1) is 13.8 Å². The Labute approximate surface area is 177 Å². The van der Waals surface area contributed by atoms with E-state index in [0.717, 1.165) is 41.7 Å². The molecular weight excluding hydrogens is 459 g/mol. The van der Waals surface area contributed by atoms with Crippen LogP contribution in [0.4, 0.5) is 0 Å². The van der Waals surface area contributed by atoms with Crippen molar-refractivity contribution in [2.45, 2.75) is 33.1 Å². The number of rotatable bonds is 8. The quantitative estimate of drug-likeness (QED) is 0.303. The number of aliphatic hydroxyl groups is 1. The van der Waals surface area contributed by atoms with Gasteiger partial charge in [0.2, 0.25) is 0 Å². The van der Waals surface area contributed by atoms with Gasteiger partial charge >= 0.3 is 0 Å². The molecule has 2 aromatic rings. The average molecular weight is 488 g/mol. The van der Waals surface area contributed by atoms with Crippen molar-refractivity contribution in [3.05, 3.63) is 51.5 Å². The Balaban J connectivity index is 0.00000338. The summed E-state index contributed by atoms with van der Waals surface area (Å²) in [5.74, 6) is 0.804. The fraction of sp³-hybridized carbons (Fsp3) is 0.474. The van der Waals surface area contributed by atoms with Gasteiger partial charge < -0.3 is 15.7 Å². The van der Waals surface area contributed by atoms with E-state index in [-0.39, 0.29) is 36.5 Å². The van der Waals surface area contributed by atoms with Gasteiger partial charge in [-0.2, -0.15) is 0 Å². The lowest BCUT2D eigenvalue weighted by atomic mass is 10.0. The van der Waals surface area contributed by atoms with Gasteiger partial charge in [-0.1, -0.05) is 30.3 Å². The second-order valence-electron chi connectivity index (χ2n) is 5.93. The van der Waals surface area contributed by atoms with Crippen LogP contribution in [-0.2, 0) is 6.42 Å². The Morgan fingerprint density at radius 2 is 1.96 bits per heavy atom. The molecule has 0 aliphatic heterocycles. The van der Waals surface area contributed by atoms with Crippen LogP contribution >= 0.6 is 35.3 Å². The maximum Gasteiger partial charge on any atom is 0.191 e. The molecule has 3 N–H and O–H groups in total. The minimum atomic E-state index is 0. The topological polar surface area (TPSA) is 69.5 Å². The van der Waals surface area contributed by atoms with Crippen molar-refractivity contribution in [2.75, 3.05) is 26.2 Å². The number of aromatic nitrogens is 1. The summed E-state index contributed by atoms with van der Waals surface area (Å²) in [5.41, 5.74) is 2.23. The summed E-state index contributed by atoms with van der Waals surface area (Å²) in [6, 6.07) is 10.0. The van der Waals surface area contributed by atoms with E-state index >= 15 is 0 Å². The molecule has 0 fully saturated rings. The number of aryl methyl sites for hydroxylation is 2. The van der Waals surface area contributed by atoms with Gasteiger partial charge in [0.05, 0.1) is 23.9 Å². The van der Waals surface area contributed by atoms with Crippen molar-refractivity contribution in [1.29, 1.82) is 0 Å². The number of aliphatic imine (C=N–C) groups is 1. The molecule has 0 spiro atoms. The third kappa shape index (κ3) is 7.20. The highest BCUT2D eigenvalue weighted by atomic mass is 127. The van der Waals surface area contributed by atoms with E-state index in [1.165, 1.54) is 4.88 Å². The first-order chi connectivity index (χ1) is 12.1. The van der Waals surface area contributed by atoms with Crippen molar-refractivity contribution in [3.8, 4) is 0 Å². The summed E-state index contributed by atoms with van der Waals surface area (Å²) >= 11 is 1.75. The number of hydrogen-bond donors (Lipinski definition) is 3. The van der Waals surface area contributed by atoms with Gasteiger partial charge in [-0.3, -0.25) is 4.99 Å². The molecule has 7 heteroatoms. The maximum absolute atomic E-state index is 9.66. The van der Waals surface area contributed by atoms with Crippen molar-refractivity contribution >= 4 is 41.3 Å². The highest BCUT2D eigenvalue weighted by molar-refractivity contribution is 14.0. The summed E-state index contributed by atoms with van der Waals surface area (Å²) in [6.07, 6.45) is 0.934. The summed E-state index contributed by atoms with van der Waals surface area (Å²) < 4.78 is 0. The Morgan fingerprint density at radius 1 is 1.23 bits per heavy atom. The molecule has 0 amide bonds. The number of halogens is 1. The van der Waals surface area contributed by atoms with Crippen LogP contribution in [0.1, 0.15) is 34.0 Å². The van der Waals surface area contributed by atoms with Crippen LogP contribution in [0.25, 0.3) is 0 Å². The SMILES string of the molecule is CCNC(=NCC(CO)c1ccccc1)NCCc1sc(C)nc1C.I. The highest BCUT2D eigenvalue weighted by Gasteiger charge is 2.10. The van der Waals surface area contributed by atoms with E-state index in [0.29, 0.717) is 6.54 Å². The molecule has 1 atom stereocenters. The lowest BCUT2D eigenvalue weighted by molar-refractivity contribution is 0.268. The first-order valence-corrected chi connectivity index (χ1v) is 9.56. The zero-order valence-corrected chi connectivity index (χ0v) is 18.8. The van der Waals surface area contributed by atoms with E-state index < -0.39 is 0 Å². The molecular formula is C19H29IN4OS. The molecule has 0 aliphatic rings. The number of benzene rings is 1. The number of guanidine groups is 1. The van der Waals surface area contributed by atoms with E-state index in [4.69, 9.17) is 0 Å². The number of thiazole rings is 1. The van der Waals surface area contributed by atoms with Gasteiger partial charge in [-0.05, 0) is 26.3 Å². The summed E-state index contributed by atoms with van der Waals surface area (Å²) in [5, 5.41) is 17.4. The predicted molar refractivity (Wildman–Crippen MR) is 121 cm³/mol. The smallest absolute Gasteiger partial charge is 0.191 e. The third-order valence-corrected chi connectivity index (χ3v) is 5.08. The normalized spacial score (nSPS) is 12.4. The molecule has 0 saturated heterocycles. The lowest BCUT2D eigenvalue weighted by Gasteiger charge is -2.15. The average Bonchev–Trinajstić information content (AvgIpc) is 2.93. The van der Waals surface area contributed by atoms with E-state index in [9.17, 15) is 5.11 Å². The lowest BCUT2D eigenvalue weighted by Crippen LogP contribution is -2.38. The fourth-order valence-corrected chi connectivity index (χ4v) is 3.57. The molecule has 1 heterocycles. The second kappa shape index (κ2) is 12.2. The summed E-state index contributed by atoms with van der Waals surface area (Å²) in [6.45, 7) is 8.40. The van der Waals surface area contributed by atoms with Crippen LogP contribution in [0.2, 0.25) is 0 Å². The summed E-state index contributed by atoms with van der Waals surface area (Å²) in [7, 11) is 0. The largest absolute Gasteiger partial charge is 0.396 e. The van der Waals surface area contributed by atoms with Gasteiger partial charge in [0.25, 0.3) is 0 Å². The third-order valence-electron chi connectivity index (χ3n) is 3.95. The molecule has 2 rings (SSSR count). The molecule has 1 aromatic heterocycles. The van der Waals surface area contributed by atoms with Crippen molar-refractivity contribution in [3.63, 3.8) is 0 Å². The second-order valence-corrected chi connectivity index (χ2v) is 7.22. The molecule has 0 saturated carbocycles. The zero-order valence-electron chi connectivity index (χ0n) is 15.7. The number of hydrogen-bond acceptors (Lipinski definition) is 4. The first kappa shape index (κ1) is 22.9. The van der Waals surface area contributed by atoms with Gasteiger partial charge in [-0.25, -0.2) is 4.98 Å². The van der Waals surface area contributed by atoms with Gasteiger partial charge in [0, 0.05) is 30.3 Å². The predicted octanol–water partition coefficient (Wildman–Crippen LogP) is 3.25. The molecule has 0 bridgehead atoms. The molecule has 0 aliphatic carbocycles. The van der Waals surface area contributed by atoms with E-state index in [1.54, 1.807) is 11.3 Å². The number of nitrogens with one attached hydrogen (secondary N) is 2. The van der Waals surface area contributed by atoms with Crippen molar-refractivity contribution in [2.24, 2.45) is 4.99 Å². The Kier molecular flexibility index (Phi) is 10.8. The van der Waals surface area contributed by atoms with Crippen LogP contribution < -0.4 is 10.6 Å². The number of aliphatic hydroxyl groups excluding tert-OH is 1. The summed E-state index contributed by atoms with van der Waals surface area (Å²) in [4.78, 5) is 10.4. The van der Waals surface area contributed by atoms with Crippen molar-refractivity contribution < 1.29 is 5.11 Å². The standard InChI is InChI=1S/C19H28N4OS.HI/c1-4-20-19(21-11-10-18-14(2)23-15(3)25-18)22-12-17(13-24)16-8-6-5-7-9-16;/h5-9,17,24H,4,10-13H2,1-3H3,(H2,20,21,22);1H. The Bertz CT molecular complexity index is 675. The van der Waals surface area contributed by atoms with Crippen LogP contribution in [-0.4, -0.2) is 42.3 Å². The van der Waals surface area contributed by atoms with E-state index in [1.807, 2.05) is 37.3 Å². The van der Waals surface area contributed by atoms with Gasteiger partial charge in [0.15, 0.2) is 5.96 Å². The Morgan fingerprint density at radius 3 is 2.54 bits per heavy atom. The fourth-order valence-electron chi connectivity index (χ4n) is 2.64. The maximum atomic E-state index is 9.66. The molecule has 1 aromatic carbocycles. The first-order valence-electron chi connectivity index (χ1n) is 8.75. The van der Waals surface area contributed by atoms with Crippen LogP contribution in [0.3, 0.4) is 0 Å². The van der Waals surface area contributed by atoms with Crippen LogP contribution in [0.5, 0.6) is 0 Å². The zero-order chi connectivity index (χ0) is 18.1. The minimum absolute atomic E-state index is 0. The molecule has 5 nitrogen and oxygen atoms in total. The molecule has 26 heavy (non-hydrogen) atoms. The number of nitrogens with zero attached hydrogens (tertiary/aromatic N) is 2. The van der Waals surface area contributed by atoms with Gasteiger partial charge in [0.1, 0.15) is 0 Å². The Hall–Kier alpha value is -1.19.